The first-order chi connectivity index (χ1) is 17.4. The molecule has 4 rings (SSSR count). The summed E-state index contributed by atoms with van der Waals surface area (Å²) in [7, 11) is 0. The molecule has 2 aromatic heterocycles. The summed E-state index contributed by atoms with van der Waals surface area (Å²) in [6.07, 6.45) is 6.34. The normalized spacial score (nSPS) is 13.8. The second kappa shape index (κ2) is 11.9. The number of hydrogen-bond donors (Lipinski definition) is 1. The molecule has 1 amide bonds. The Hall–Kier alpha value is -2.87. The van der Waals surface area contributed by atoms with E-state index in [0.717, 1.165) is 31.2 Å². The highest BCUT2D eigenvalue weighted by Gasteiger charge is 2.23. The maximum atomic E-state index is 13.4. The van der Waals surface area contributed by atoms with Gasteiger partial charge in [0.1, 0.15) is 22.6 Å². The number of anilines is 1. The molecule has 7 nitrogen and oxygen atoms in total. The van der Waals surface area contributed by atoms with E-state index in [2.05, 4.69) is 28.2 Å². The van der Waals surface area contributed by atoms with Crippen LogP contribution in [0.5, 0.6) is 5.75 Å². The van der Waals surface area contributed by atoms with Gasteiger partial charge in [0, 0.05) is 11.4 Å². The smallest absolute Gasteiger partial charge is 0.235 e. The van der Waals surface area contributed by atoms with Crippen LogP contribution in [0.1, 0.15) is 54.1 Å². The fourth-order valence-electron chi connectivity index (χ4n) is 4.06. The monoisotopic (exact) mass is 545 g/mol. The molecule has 0 fully saturated rings. The van der Waals surface area contributed by atoms with E-state index in [1.807, 2.05) is 0 Å². The lowest BCUT2D eigenvalue weighted by Crippen LogP contribution is -2.15. The van der Waals surface area contributed by atoms with Crippen LogP contribution in [0, 0.1) is 17.1 Å². The Bertz CT molecular complexity index is 1320. The van der Waals surface area contributed by atoms with Crippen LogP contribution in [0.4, 0.5) is 9.39 Å². The van der Waals surface area contributed by atoms with Gasteiger partial charge in [-0.2, -0.15) is 5.26 Å². The summed E-state index contributed by atoms with van der Waals surface area (Å²) in [6.45, 7) is 5.99. The standard InChI is InChI=1S/C25H25ClFN5O2S2/c1-3-11-32-23(15(2)34-20-10-9-16(27)12-19(20)26)30-31-25(32)35-14-22(33)29-24-18(13-28)17-7-5-4-6-8-21(17)36-24/h3,9-10,12,15H,1,4-8,11,14H2,2H3,(H,29,33). The molecule has 0 spiro atoms. The van der Waals surface area contributed by atoms with Crippen molar-refractivity contribution in [3.8, 4) is 11.8 Å². The number of benzene rings is 1. The molecule has 1 unspecified atom stereocenters. The van der Waals surface area contributed by atoms with Gasteiger partial charge >= 0.3 is 0 Å². The van der Waals surface area contributed by atoms with Crippen molar-refractivity contribution in [1.29, 1.82) is 5.26 Å². The van der Waals surface area contributed by atoms with Gasteiger partial charge in [-0.1, -0.05) is 35.9 Å². The predicted molar refractivity (Wildman–Crippen MR) is 140 cm³/mol. The molecule has 0 saturated carbocycles. The molecular weight excluding hydrogens is 521 g/mol. The number of hydrogen-bond acceptors (Lipinski definition) is 7. The van der Waals surface area contributed by atoms with Gasteiger partial charge < -0.3 is 10.1 Å². The van der Waals surface area contributed by atoms with Crippen molar-refractivity contribution in [3.05, 3.63) is 63.5 Å². The van der Waals surface area contributed by atoms with Crippen molar-refractivity contribution < 1.29 is 13.9 Å². The molecular formula is C25H25ClFN5O2S2. The van der Waals surface area contributed by atoms with E-state index in [-0.39, 0.29) is 16.7 Å². The van der Waals surface area contributed by atoms with Gasteiger partial charge in [-0.05, 0) is 56.4 Å². The number of aryl methyl sites for hydroxylation is 1. The molecule has 1 N–H and O–H groups in total. The molecule has 1 atom stereocenters. The number of nitriles is 1. The lowest BCUT2D eigenvalue weighted by atomic mass is 10.1. The second-order valence-electron chi connectivity index (χ2n) is 8.29. The number of rotatable bonds is 9. The molecule has 1 aliphatic carbocycles. The SMILES string of the molecule is C=CCn1c(SCC(=O)Nc2sc3c(c2C#N)CCCCC3)nnc1C(C)Oc1ccc(F)cc1Cl. The van der Waals surface area contributed by atoms with Crippen molar-refractivity contribution in [2.24, 2.45) is 0 Å². The van der Waals surface area contributed by atoms with Gasteiger partial charge in [0.2, 0.25) is 5.91 Å². The third kappa shape index (κ3) is 5.91. The average Bonchev–Trinajstić information content (AvgIpc) is 3.31. The zero-order valence-electron chi connectivity index (χ0n) is 19.7. The van der Waals surface area contributed by atoms with E-state index in [9.17, 15) is 14.4 Å². The van der Waals surface area contributed by atoms with Crippen LogP contribution in [-0.2, 0) is 24.2 Å². The first-order valence-electron chi connectivity index (χ1n) is 11.5. The maximum absolute atomic E-state index is 13.4. The molecule has 0 radical (unpaired) electrons. The lowest BCUT2D eigenvalue weighted by molar-refractivity contribution is -0.113. The molecule has 0 saturated heterocycles. The molecule has 36 heavy (non-hydrogen) atoms. The minimum atomic E-state index is -0.539. The van der Waals surface area contributed by atoms with Gasteiger partial charge in [0.15, 0.2) is 17.1 Å². The van der Waals surface area contributed by atoms with Crippen LogP contribution in [0.25, 0.3) is 0 Å². The van der Waals surface area contributed by atoms with Crippen LogP contribution in [-0.4, -0.2) is 26.4 Å². The van der Waals surface area contributed by atoms with Gasteiger partial charge in [0.05, 0.1) is 16.3 Å². The van der Waals surface area contributed by atoms with Crippen molar-refractivity contribution in [3.63, 3.8) is 0 Å². The van der Waals surface area contributed by atoms with Crippen molar-refractivity contribution >= 4 is 45.6 Å². The molecule has 2 heterocycles. The van der Waals surface area contributed by atoms with Crippen molar-refractivity contribution in [2.75, 3.05) is 11.1 Å². The molecule has 188 valence electrons. The van der Waals surface area contributed by atoms with Crippen LogP contribution < -0.4 is 10.1 Å². The summed E-state index contributed by atoms with van der Waals surface area (Å²) >= 11 is 8.84. The van der Waals surface area contributed by atoms with E-state index in [1.54, 1.807) is 17.6 Å². The number of fused-ring (bicyclic) bond motifs is 1. The highest BCUT2D eigenvalue weighted by molar-refractivity contribution is 7.99. The van der Waals surface area contributed by atoms with Crippen molar-refractivity contribution in [2.45, 2.75) is 56.8 Å². The average molecular weight is 546 g/mol. The van der Waals surface area contributed by atoms with Crippen molar-refractivity contribution in [1.82, 2.24) is 14.8 Å². The first-order valence-corrected chi connectivity index (χ1v) is 13.7. The van der Waals surface area contributed by atoms with Crippen LogP contribution in [0.2, 0.25) is 5.02 Å². The van der Waals surface area contributed by atoms with Crippen LogP contribution in [0.15, 0.2) is 36.0 Å². The summed E-state index contributed by atoms with van der Waals surface area (Å²) < 4.78 is 21.1. The highest BCUT2D eigenvalue weighted by atomic mass is 35.5. The Morgan fingerprint density at radius 2 is 2.22 bits per heavy atom. The number of ether oxygens (including phenoxy) is 1. The van der Waals surface area contributed by atoms with E-state index in [4.69, 9.17) is 16.3 Å². The zero-order valence-corrected chi connectivity index (χ0v) is 22.1. The number of carbonyl (C=O) groups excluding carboxylic acids is 1. The Labute approximate surface area is 222 Å². The summed E-state index contributed by atoms with van der Waals surface area (Å²) in [5.74, 6) is 0.278. The summed E-state index contributed by atoms with van der Waals surface area (Å²) in [6, 6.07) is 6.20. The quantitative estimate of drug-likeness (QED) is 0.192. The van der Waals surface area contributed by atoms with E-state index in [0.29, 0.717) is 33.8 Å². The number of nitrogens with zero attached hydrogens (tertiary/aromatic N) is 4. The predicted octanol–water partition coefficient (Wildman–Crippen LogP) is 6.33. The Balaban J connectivity index is 1.44. The molecule has 1 aliphatic rings. The number of aromatic nitrogens is 3. The Kier molecular flexibility index (Phi) is 8.67. The maximum Gasteiger partial charge on any atom is 0.235 e. The Morgan fingerprint density at radius 1 is 1.42 bits per heavy atom. The van der Waals surface area contributed by atoms with E-state index in [1.165, 1.54) is 52.6 Å². The number of thiophene rings is 1. The molecule has 11 heteroatoms. The molecule has 3 aromatic rings. The number of amides is 1. The summed E-state index contributed by atoms with van der Waals surface area (Å²) in [5, 5.41) is 22.4. The van der Waals surface area contributed by atoms with Gasteiger partial charge in [0.25, 0.3) is 0 Å². The Morgan fingerprint density at radius 3 is 2.97 bits per heavy atom. The minimum Gasteiger partial charge on any atom is -0.481 e. The topological polar surface area (TPSA) is 92.8 Å². The molecule has 0 bridgehead atoms. The highest BCUT2D eigenvalue weighted by Crippen LogP contribution is 2.37. The summed E-state index contributed by atoms with van der Waals surface area (Å²) in [5.41, 5.74) is 1.69. The largest absolute Gasteiger partial charge is 0.481 e. The number of halogens is 2. The summed E-state index contributed by atoms with van der Waals surface area (Å²) in [4.78, 5) is 14.0. The number of thioether (sulfide) groups is 1. The van der Waals surface area contributed by atoms with E-state index < -0.39 is 11.9 Å². The minimum absolute atomic E-state index is 0.0989. The third-order valence-electron chi connectivity index (χ3n) is 5.74. The number of carbonyl (C=O) groups is 1. The fraction of sp³-hybridized carbons (Fsp3) is 0.360. The van der Waals surface area contributed by atoms with E-state index >= 15 is 0 Å². The molecule has 1 aromatic carbocycles. The molecule has 0 aliphatic heterocycles. The fourth-order valence-corrected chi connectivity index (χ4v) is 6.29. The van der Waals surface area contributed by atoms with Gasteiger partial charge in [-0.25, -0.2) is 4.39 Å². The van der Waals surface area contributed by atoms with Crippen LogP contribution in [0.3, 0.4) is 0 Å². The van der Waals surface area contributed by atoms with Gasteiger partial charge in [-0.3, -0.25) is 9.36 Å². The number of nitrogens with one attached hydrogen (secondary N) is 1. The first kappa shape index (κ1) is 26.2. The lowest BCUT2D eigenvalue weighted by Gasteiger charge is -2.16. The zero-order chi connectivity index (χ0) is 25.7. The van der Waals surface area contributed by atoms with Crippen LogP contribution >= 0.6 is 34.7 Å². The number of allylic oxidation sites excluding steroid dienone is 1. The third-order valence-corrected chi connectivity index (χ3v) is 8.21. The second-order valence-corrected chi connectivity index (χ2v) is 10.7. The van der Waals surface area contributed by atoms with Gasteiger partial charge in [-0.15, -0.1) is 28.1 Å².